The molecule has 11 N–H and O–H groups in total. The normalized spacial score (nSPS) is 11.3. The number of nitrogens with two attached hydrogens (primary N) is 2. The van der Waals surface area contributed by atoms with Crippen molar-refractivity contribution in [2.45, 2.75) is 58.3 Å². The van der Waals surface area contributed by atoms with Crippen LogP contribution in [0, 0.1) is 53.6 Å². The van der Waals surface area contributed by atoms with Gasteiger partial charge in [-0.1, -0.05) is 46.4 Å². The Hall–Kier alpha value is -6.46. The molecule has 0 aliphatic heterocycles. The molecule has 0 radical (unpaired) electrons. The number of nitrogen functional groups attached to an aromatic ring is 1. The molecule has 0 saturated heterocycles. The van der Waals surface area contributed by atoms with Gasteiger partial charge in [0, 0.05) is 59.4 Å². The number of aliphatic hydroxyl groups is 3. The summed E-state index contributed by atoms with van der Waals surface area (Å²) in [5, 5.41) is 73.3. The summed E-state index contributed by atoms with van der Waals surface area (Å²) >= 11 is 37.0. The van der Waals surface area contributed by atoms with Gasteiger partial charge in [0.15, 0.2) is 5.15 Å². The van der Waals surface area contributed by atoms with Gasteiger partial charge in [0.25, 0.3) is 0 Å². The second kappa shape index (κ2) is 29.4. The molecule has 4 aromatic heterocycles. The van der Waals surface area contributed by atoms with Gasteiger partial charge in [0.1, 0.15) is 34.0 Å². The molecule has 35 heteroatoms. The van der Waals surface area contributed by atoms with Gasteiger partial charge in [-0.05, 0) is 130 Å². The average Bonchev–Trinajstić information content (AvgIpc) is 2.49. The minimum atomic E-state index is -3.22. The van der Waals surface area contributed by atoms with Crippen LogP contribution in [0.15, 0.2) is 77.6 Å². The van der Waals surface area contributed by atoms with Gasteiger partial charge < -0.3 is 47.5 Å². The fourth-order valence-corrected chi connectivity index (χ4v) is 7.36. The van der Waals surface area contributed by atoms with Gasteiger partial charge in [-0.2, -0.15) is 0 Å². The van der Waals surface area contributed by atoms with E-state index in [9.17, 15) is 72.6 Å². The summed E-state index contributed by atoms with van der Waals surface area (Å²) in [6, 6.07) is 14.6. The SMILES string of the molecule is CC(C)(O)CN.CC(C)(O)CNc1c(N)c(Cl)nc2cc(F)ccc12.CC(C)(O)CNc1c([N+](=O)[O-])c(Cl)nc2cc(F)ccc12.O=P(Cl)(Cl)Cl.O=[N+]([O-])c1c(Cl)nc2cc(F)ccc2c1Cl.O=c1[nH]c2cc(F)ccc2c(O)c1[N+](=O)[O-]. The number of hydrogen-bond donors (Lipinski definition) is 9. The zero-order chi connectivity index (χ0) is 63.4. The molecule has 0 amide bonds. The maximum absolute atomic E-state index is 13.3. The van der Waals surface area contributed by atoms with E-state index < -0.39 is 88.4 Å². The molecule has 83 heavy (non-hydrogen) atoms. The topological polar surface area (TPSA) is 375 Å². The lowest BCUT2D eigenvalue weighted by molar-refractivity contribution is -0.387. The molecule has 0 aliphatic carbocycles. The van der Waals surface area contributed by atoms with Crippen LogP contribution in [-0.4, -0.2) is 91.6 Å². The number of aromatic hydroxyl groups is 1. The van der Waals surface area contributed by atoms with Crippen molar-refractivity contribution in [2.75, 3.05) is 36.0 Å². The summed E-state index contributed by atoms with van der Waals surface area (Å²) in [6.07, 6.45) is 0. The van der Waals surface area contributed by atoms with Crippen molar-refractivity contribution in [2.24, 2.45) is 5.73 Å². The van der Waals surface area contributed by atoms with E-state index >= 15 is 0 Å². The summed E-state index contributed by atoms with van der Waals surface area (Å²) in [7, 11) is 0. The maximum Gasteiger partial charge on any atom is 0.375 e. The highest BCUT2D eigenvalue weighted by Crippen LogP contribution is 2.61. The second-order valence-electron chi connectivity index (χ2n) is 18.7. The number of fused-ring (bicyclic) bond motifs is 4. The Morgan fingerprint density at radius 3 is 1.33 bits per heavy atom. The number of nitrogens with one attached hydrogen (secondary N) is 3. The number of halogens is 11. The number of rotatable bonds is 10. The fraction of sp³-hybridized carbons (Fsp3) is 0.250. The summed E-state index contributed by atoms with van der Waals surface area (Å²) < 4.78 is 61.7. The number of aromatic amines is 1. The van der Waals surface area contributed by atoms with E-state index in [1.807, 2.05) is 0 Å². The van der Waals surface area contributed by atoms with Crippen molar-refractivity contribution < 1.29 is 57.3 Å². The lowest BCUT2D eigenvalue weighted by Crippen LogP contribution is -2.29. The highest BCUT2D eigenvalue weighted by molar-refractivity contribution is 8.24. The zero-order valence-electron chi connectivity index (χ0n) is 43.5. The highest BCUT2D eigenvalue weighted by Gasteiger charge is 2.27. The third kappa shape index (κ3) is 21.9. The molecule has 0 fully saturated rings. The van der Waals surface area contributed by atoms with Gasteiger partial charge in [-0.3, -0.25) is 39.7 Å². The largest absolute Gasteiger partial charge is 0.501 e. The van der Waals surface area contributed by atoms with E-state index in [1.54, 1.807) is 47.6 Å². The molecule has 4 aromatic carbocycles. The fourth-order valence-electron chi connectivity index (χ4n) is 6.29. The first-order valence-electron chi connectivity index (χ1n) is 22.8. The first-order chi connectivity index (χ1) is 38.0. The predicted molar refractivity (Wildman–Crippen MR) is 316 cm³/mol. The Bertz CT molecular complexity index is 3830. The minimum Gasteiger partial charge on any atom is -0.501 e. The number of nitrogens with zero attached hydrogens (tertiary/aromatic N) is 6. The summed E-state index contributed by atoms with van der Waals surface area (Å²) in [4.78, 5) is 54.9. The van der Waals surface area contributed by atoms with Crippen molar-refractivity contribution in [3.8, 4) is 5.75 Å². The van der Waals surface area contributed by atoms with Gasteiger partial charge in [0.05, 0.1) is 65.0 Å². The summed E-state index contributed by atoms with van der Waals surface area (Å²) in [5.41, 5.74) is 7.12. The molecule has 0 unspecified atom stereocenters. The van der Waals surface area contributed by atoms with Crippen LogP contribution in [0.4, 0.5) is 51.7 Å². The number of nitro groups is 3. The van der Waals surface area contributed by atoms with Gasteiger partial charge >= 0.3 is 27.8 Å². The molecule has 23 nitrogen and oxygen atoms in total. The van der Waals surface area contributed by atoms with Crippen LogP contribution in [0.2, 0.25) is 20.5 Å². The van der Waals surface area contributed by atoms with Crippen LogP contribution in [-0.2, 0) is 4.57 Å². The van der Waals surface area contributed by atoms with E-state index in [0.717, 1.165) is 36.4 Å². The van der Waals surface area contributed by atoms with Gasteiger partial charge in [0.2, 0.25) is 16.1 Å². The monoisotopic (exact) mass is 1320 g/mol. The molecule has 8 aromatic rings. The van der Waals surface area contributed by atoms with Crippen LogP contribution in [0.25, 0.3) is 43.6 Å². The quantitative estimate of drug-likeness (QED) is 0.0202. The van der Waals surface area contributed by atoms with Crippen molar-refractivity contribution in [3.05, 3.63) is 157 Å². The first-order valence-corrected chi connectivity index (χ1v) is 28.8. The van der Waals surface area contributed by atoms with E-state index in [-0.39, 0.29) is 66.9 Å². The lowest BCUT2D eigenvalue weighted by Gasteiger charge is -2.20. The Morgan fingerprint density at radius 1 is 0.590 bits per heavy atom. The standard InChI is InChI=1S/C13H13ClFN3O3.C13H15ClFN3O.C9H3Cl2FN2O2.C9H5FN2O4.C4H11NO.Cl3OP/c1-13(2,19)6-16-10-8-4-3-7(15)5-9(8)17-12(14)11(10)18(20)21;1-13(2,19)6-17-11-8-4-3-7(15)5-9(8)18-12(14)10(11)16;10-7-5-2-1-4(12)3-6(5)13-9(11)8(7)14(15)16;10-4-1-2-5-6(3-4)11-9(14)7(8(5)13)12(15)16;1-4(2,6)3-5;1-5(2,3)4/h3-5,19H,6H2,1-2H3,(H,16,17);3-5,19H,6,16H2,1-2H3,(H,17,18);1-3H;1-3H,(H2,11,13,14);6H,3,5H2,1-2H3;. The summed E-state index contributed by atoms with van der Waals surface area (Å²) in [6.45, 7) is 10.5. The van der Waals surface area contributed by atoms with Gasteiger partial charge in [-0.25, -0.2) is 32.5 Å². The molecule has 0 spiro atoms. The first kappa shape index (κ1) is 70.8. The predicted octanol–water partition coefficient (Wildman–Crippen LogP) is 13.3. The number of anilines is 3. The maximum atomic E-state index is 13.3. The molecule has 0 bridgehead atoms. The molecular weight excluding hydrogens is 1280 g/mol. The molecule has 0 saturated carbocycles. The average molecular weight is 1330 g/mol. The molecule has 0 aliphatic rings. The van der Waals surface area contributed by atoms with Crippen LogP contribution in [0.1, 0.15) is 41.5 Å². The highest BCUT2D eigenvalue weighted by atomic mass is 36.0. The zero-order valence-corrected chi connectivity index (χ0v) is 49.7. The molecule has 4 heterocycles. The van der Waals surface area contributed by atoms with E-state index in [1.165, 1.54) is 30.3 Å². The van der Waals surface area contributed by atoms with Crippen molar-refractivity contribution in [1.29, 1.82) is 0 Å². The van der Waals surface area contributed by atoms with Crippen LogP contribution >= 0.6 is 85.3 Å². The lowest BCUT2D eigenvalue weighted by atomic mass is 10.1. The van der Waals surface area contributed by atoms with Crippen LogP contribution in [0.3, 0.4) is 0 Å². The van der Waals surface area contributed by atoms with Crippen LogP contribution in [0.5, 0.6) is 5.75 Å². The van der Waals surface area contributed by atoms with E-state index in [2.05, 4.69) is 64.3 Å². The smallest absolute Gasteiger partial charge is 0.375 e. The molecular formula is C48H47Cl7F4N11O12P. The number of aromatic nitrogens is 4. The number of H-pyrrole nitrogens is 1. The Morgan fingerprint density at radius 2 is 0.928 bits per heavy atom. The third-order valence-electron chi connectivity index (χ3n) is 10.0. The van der Waals surface area contributed by atoms with Crippen molar-refractivity contribution >= 4 is 163 Å². The Kier molecular flexibility index (Phi) is 25.1. The van der Waals surface area contributed by atoms with Gasteiger partial charge in [-0.15, -0.1) is 0 Å². The van der Waals surface area contributed by atoms with E-state index in [0.29, 0.717) is 33.9 Å². The summed E-state index contributed by atoms with van der Waals surface area (Å²) in [5.74, 6) is -2.80. The third-order valence-corrected chi connectivity index (χ3v) is 11.2. The second-order valence-corrected chi connectivity index (χ2v) is 26.8. The van der Waals surface area contributed by atoms with Crippen molar-refractivity contribution in [3.63, 3.8) is 0 Å². The van der Waals surface area contributed by atoms with Crippen LogP contribution < -0.4 is 27.7 Å². The number of benzene rings is 4. The number of pyridine rings is 4. The molecule has 8 rings (SSSR count). The Labute approximate surface area is 500 Å². The Balaban J connectivity index is 0.000000274. The van der Waals surface area contributed by atoms with Crippen molar-refractivity contribution in [1.82, 2.24) is 19.9 Å². The molecule has 0 atom stereocenters. The number of hydrogen-bond acceptors (Lipinski definition) is 19. The van der Waals surface area contributed by atoms with E-state index in [4.69, 9.17) is 63.0 Å². The molecule has 448 valence electrons. The minimum absolute atomic E-state index is 0.00750.